The van der Waals surface area contributed by atoms with Crippen LogP contribution < -0.4 is 20.1 Å². The molecule has 2 aromatic carbocycles. The van der Waals surface area contributed by atoms with Gasteiger partial charge in [-0.05, 0) is 37.1 Å². The van der Waals surface area contributed by atoms with E-state index in [0.717, 1.165) is 41.1 Å². The second kappa shape index (κ2) is 7.53. The molecule has 0 saturated carbocycles. The molecule has 3 aromatic rings. The molecule has 6 nitrogen and oxygen atoms in total. The zero-order chi connectivity index (χ0) is 18.6. The number of ether oxygens (including phenoxy) is 2. The van der Waals surface area contributed by atoms with Gasteiger partial charge in [-0.15, -0.1) is 0 Å². The van der Waals surface area contributed by atoms with Gasteiger partial charge in [0.05, 0.1) is 0 Å². The number of anilines is 2. The van der Waals surface area contributed by atoms with Crippen LogP contribution in [0.15, 0.2) is 48.5 Å². The fraction of sp³-hybridized carbons (Fsp3) is 0.238. The Labute approximate surface area is 158 Å². The average Bonchev–Trinajstić information content (AvgIpc) is 3.13. The number of nitrogens with zero attached hydrogens (tertiary/aromatic N) is 2. The molecule has 2 heterocycles. The van der Waals surface area contributed by atoms with Gasteiger partial charge in [-0.25, -0.2) is 9.97 Å². The van der Waals surface area contributed by atoms with Gasteiger partial charge in [-0.2, -0.15) is 0 Å². The van der Waals surface area contributed by atoms with Crippen molar-refractivity contribution in [1.29, 1.82) is 0 Å². The summed E-state index contributed by atoms with van der Waals surface area (Å²) in [5, 5.41) is 6.72. The summed E-state index contributed by atoms with van der Waals surface area (Å²) in [5.74, 6) is 3.88. The molecule has 0 saturated heterocycles. The third-order valence-electron chi connectivity index (χ3n) is 4.34. The molecule has 0 bridgehead atoms. The maximum absolute atomic E-state index is 5.43. The van der Waals surface area contributed by atoms with Crippen LogP contribution in [-0.4, -0.2) is 16.8 Å². The van der Waals surface area contributed by atoms with E-state index in [2.05, 4.69) is 51.8 Å². The van der Waals surface area contributed by atoms with Crippen LogP contribution in [-0.2, 0) is 13.1 Å². The van der Waals surface area contributed by atoms with E-state index in [-0.39, 0.29) is 6.79 Å². The molecule has 138 valence electrons. The maximum atomic E-state index is 5.43. The molecular formula is C21H22N4O2. The summed E-state index contributed by atoms with van der Waals surface area (Å²) >= 11 is 0. The van der Waals surface area contributed by atoms with E-state index in [1.54, 1.807) is 0 Å². The van der Waals surface area contributed by atoms with Crippen LogP contribution in [0.1, 0.15) is 22.5 Å². The van der Waals surface area contributed by atoms with Crippen molar-refractivity contribution in [2.24, 2.45) is 0 Å². The predicted molar refractivity (Wildman–Crippen MR) is 105 cm³/mol. The van der Waals surface area contributed by atoms with Crippen molar-refractivity contribution in [3.63, 3.8) is 0 Å². The minimum absolute atomic E-state index is 0.285. The second-order valence-corrected chi connectivity index (χ2v) is 6.57. The van der Waals surface area contributed by atoms with Crippen molar-refractivity contribution in [3.8, 4) is 11.5 Å². The first-order valence-electron chi connectivity index (χ1n) is 8.93. The van der Waals surface area contributed by atoms with Crippen LogP contribution in [0, 0.1) is 13.8 Å². The van der Waals surface area contributed by atoms with Crippen molar-refractivity contribution in [3.05, 3.63) is 71.0 Å². The van der Waals surface area contributed by atoms with E-state index in [1.165, 1.54) is 11.1 Å². The summed E-state index contributed by atoms with van der Waals surface area (Å²) in [6, 6.07) is 16.3. The zero-order valence-corrected chi connectivity index (χ0v) is 15.5. The summed E-state index contributed by atoms with van der Waals surface area (Å²) in [6.45, 7) is 5.63. The van der Waals surface area contributed by atoms with Crippen molar-refractivity contribution in [2.45, 2.75) is 26.9 Å². The summed E-state index contributed by atoms with van der Waals surface area (Å²) in [5.41, 5.74) is 3.57. The Morgan fingerprint density at radius 2 is 1.41 bits per heavy atom. The first-order valence-corrected chi connectivity index (χ1v) is 8.93. The predicted octanol–water partition coefficient (Wildman–Crippen LogP) is 4.05. The summed E-state index contributed by atoms with van der Waals surface area (Å²) in [6.07, 6.45) is 0. The highest BCUT2D eigenvalue weighted by Gasteiger charge is 2.13. The minimum atomic E-state index is 0.285. The van der Waals surface area contributed by atoms with Crippen molar-refractivity contribution >= 4 is 11.6 Å². The Morgan fingerprint density at radius 3 is 2.15 bits per heavy atom. The average molecular weight is 362 g/mol. The Hall–Kier alpha value is -3.28. The van der Waals surface area contributed by atoms with Gasteiger partial charge in [-0.3, -0.25) is 0 Å². The first-order chi connectivity index (χ1) is 13.2. The number of aromatic nitrogens is 2. The van der Waals surface area contributed by atoms with Crippen LogP contribution in [0.2, 0.25) is 0 Å². The van der Waals surface area contributed by atoms with Crippen LogP contribution in [0.3, 0.4) is 0 Å². The van der Waals surface area contributed by atoms with Gasteiger partial charge in [0.25, 0.3) is 0 Å². The Balaban J connectivity index is 1.40. The van der Waals surface area contributed by atoms with Gasteiger partial charge in [0.15, 0.2) is 11.5 Å². The molecular weight excluding hydrogens is 340 g/mol. The Bertz CT molecular complexity index is 941. The number of aryl methyl sites for hydroxylation is 2. The highest BCUT2D eigenvalue weighted by molar-refractivity contribution is 5.49. The molecule has 27 heavy (non-hydrogen) atoms. The van der Waals surface area contributed by atoms with Crippen LogP contribution in [0.25, 0.3) is 0 Å². The molecule has 1 aliphatic heterocycles. The van der Waals surface area contributed by atoms with E-state index >= 15 is 0 Å². The first kappa shape index (κ1) is 17.1. The Kier molecular flexibility index (Phi) is 4.78. The molecule has 4 rings (SSSR count). The van der Waals surface area contributed by atoms with E-state index in [0.29, 0.717) is 6.54 Å². The third-order valence-corrected chi connectivity index (χ3v) is 4.34. The number of hydrogen-bond acceptors (Lipinski definition) is 6. The molecule has 0 unspecified atom stereocenters. The fourth-order valence-electron chi connectivity index (χ4n) is 2.89. The summed E-state index contributed by atoms with van der Waals surface area (Å²) < 4.78 is 10.8. The van der Waals surface area contributed by atoms with Crippen molar-refractivity contribution in [1.82, 2.24) is 9.97 Å². The standard InChI is InChI=1S/C21H22N4O2/c1-14-3-5-16(6-4-14)11-22-20-10-21(25-15(2)24-20)23-12-17-7-8-18-19(9-17)27-13-26-18/h3-10H,11-13H2,1-2H3,(H2,22,23,24,25). The molecule has 0 radical (unpaired) electrons. The lowest BCUT2D eigenvalue weighted by atomic mass is 10.1. The quantitative estimate of drug-likeness (QED) is 0.690. The van der Waals surface area contributed by atoms with E-state index in [1.807, 2.05) is 31.2 Å². The summed E-state index contributed by atoms with van der Waals surface area (Å²) in [4.78, 5) is 8.94. The largest absolute Gasteiger partial charge is 0.454 e. The number of benzene rings is 2. The normalized spacial score (nSPS) is 12.1. The summed E-state index contributed by atoms with van der Waals surface area (Å²) in [7, 11) is 0. The Morgan fingerprint density at radius 1 is 0.778 bits per heavy atom. The molecule has 1 aromatic heterocycles. The topological polar surface area (TPSA) is 68.3 Å². The molecule has 2 N–H and O–H groups in total. The lowest BCUT2D eigenvalue weighted by Gasteiger charge is -2.11. The fourth-order valence-corrected chi connectivity index (χ4v) is 2.89. The van der Waals surface area contributed by atoms with Crippen molar-refractivity contribution < 1.29 is 9.47 Å². The van der Waals surface area contributed by atoms with Gasteiger partial charge in [0.2, 0.25) is 6.79 Å². The lowest BCUT2D eigenvalue weighted by molar-refractivity contribution is 0.174. The minimum Gasteiger partial charge on any atom is -0.454 e. The van der Waals surface area contributed by atoms with Gasteiger partial charge >= 0.3 is 0 Å². The number of hydrogen-bond donors (Lipinski definition) is 2. The van der Waals surface area contributed by atoms with Gasteiger partial charge in [0, 0.05) is 19.2 Å². The highest BCUT2D eigenvalue weighted by atomic mass is 16.7. The SMILES string of the molecule is Cc1ccc(CNc2cc(NCc3ccc4c(c3)OCO4)nc(C)n2)cc1. The molecule has 0 aliphatic carbocycles. The molecule has 1 aliphatic rings. The number of nitrogens with one attached hydrogen (secondary N) is 2. The van der Waals surface area contributed by atoms with Gasteiger partial charge in [0.1, 0.15) is 17.5 Å². The monoisotopic (exact) mass is 362 g/mol. The van der Waals surface area contributed by atoms with E-state index in [9.17, 15) is 0 Å². The van der Waals surface area contributed by atoms with Crippen LogP contribution in [0.5, 0.6) is 11.5 Å². The lowest BCUT2D eigenvalue weighted by Crippen LogP contribution is -2.07. The van der Waals surface area contributed by atoms with E-state index < -0.39 is 0 Å². The molecule has 0 amide bonds. The molecule has 0 spiro atoms. The van der Waals surface area contributed by atoms with Gasteiger partial charge in [-0.1, -0.05) is 35.9 Å². The maximum Gasteiger partial charge on any atom is 0.231 e. The highest BCUT2D eigenvalue weighted by Crippen LogP contribution is 2.32. The second-order valence-electron chi connectivity index (χ2n) is 6.57. The number of rotatable bonds is 6. The van der Waals surface area contributed by atoms with Crippen LogP contribution in [0.4, 0.5) is 11.6 Å². The van der Waals surface area contributed by atoms with E-state index in [4.69, 9.17) is 9.47 Å². The van der Waals surface area contributed by atoms with Gasteiger partial charge < -0.3 is 20.1 Å². The number of fused-ring (bicyclic) bond motifs is 1. The van der Waals surface area contributed by atoms with Crippen molar-refractivity contribution in [2.75, 3.05) is 17.4 Å². The third kappa shape index (κ3) is 4.28. The smallest absolute Gasteiger partial charge is 0.231 e. The molecule has 0 atom stereocenters. The zero-order valence-electron chi connectivity index (χ0n) is 15.5. The van der Waals surface area contributed by atoms with Crippen LogP contribution >= 0.6 is 0 Å². The molecule has 0 fully saturated rings. The molecule has 6 heteroatoms.